The van der Waals surface area contributed by atoms with Crippen molar-refractivity contribution >= 4 is 5.91 Å². The van der Waals surface area contributed by atoms with Gasteiger partial charge in [-0.15, -0.1) is 0 Å². The number of ether oxygens (including phenoxy) is 2. The maximum atomic E-state index is 14.6. The number of carbonyl (C=O) groups excluding carboxylic acids is 1. The minimum Gasteiger partial charge on any atom is -0.486 e. The lowest BCUT2D eigenvalue weighted by atomic mass is 9.87. The van der Waals surface area contributed by atoms with E-state index in [1.54, 1.807) is 23.1 Å². The number of amides is 1. The molecule has 4 aromatic rings. The molecule has 0 radical (unpaired) electrons. The molecule has 0 spiro atoms. The minimum atomic E-state index is -0.183. The van der Waals surface area contributed by atoms with Gasteiger partial charge in [-0.1, -0.05) is 54.6 Å². The predicted octanol–water partition coefficient (Wildman–Crippen LogP) is 5.62. The van der Waals surface area contributed by atoms with Crippen molar-refractivity contribution in [3.8, 4) is 5.75 Å². The quantitative estimate of drug-likeness (QED) is 0.313. The van der Waals surface area contributed by atoms with Crippen molar-refractivity contribution in [3.63, 3.8) is 0 Å². The summed E-state index contributed by atoms with van der Waals surface area (Å²) in [6.45, 7) is 3.78. The van der Waals surface area contributed by atoms with Gasteiger partial charge in [0.05, 0.1) is 19.3 Å². The van der Waals surface area contributed by atoms with Gasteiger partial charge in [-0.3, -0.25) is 9.69 Å². The summed E-state index contributed by atoms with van der Waals surface area (Å²) in [5.74, 6) is 1.31. The van der Waals surface area contributed by atoms with E-state index in [2.05, 4.69) is 29.2 Å². The van der Waals surface area contributed by atoms with E-state index in [0.29, 0.717) is 49.9 Å². The Hall–Kier alpha value is -3.94. The Morgan fingerprint density at radius 2 is 1.72 bits per heavy atom. The van der Waals surface area contributed by atoms with Crippen molar-refractivity contribution in [2.24, 2.45) is 0 Å². The van der Waals surface area contributed by atoms with Crippen LogP contribution < -0.4 is 4.74 Å². The highest BCUT2D eigenvalue weighted by atomic mass is 19.1. The Bertz CT molecular complexity index is 1430. The van der Waals surface area contributed by atoms with Gasteiger partial charge < -0.3 is 18.8 Å². The third-order valence-corrected chi connectivity index (χ3v) is 7.44. The number of halogens is 1. The molecule has 200 valence electrons. The van der Waals surface area contributed by atoms with E-state index in [-0.39, 0.29) is 24.4 Å². The normalized spacial score (nSPS) is 17.6. The van der Waals surface area contributed by atoms with Crippen molar-refractivity contribution in [2.75, 3.05) is 32.8 Å². The molecule has 0 bridgehead atoms. The Morgan fingerprint density at radius 1 is 0.923 bits per heavy atom. The molecule has 2 aliphatic rings. The van der Waals surface area contributed by atoms with Crippen LogP contribution in [0.5, 0.6) is 5.75 Å². The first-order chi connectivity index (χ1) is 19.2. The van der Waals surface area contributed by atoms with Gasteiger partial charge in [-0.05, 0) is 53.4 Å². The molecule has 0 unspecified atom stereocenters. The van der Waals surface area contributed by atoms with Gasteiger partial charge in [-0.25, -0.2) is 4.39 Å². The van der Waals surface area contributed by atoms with Crippen LogP contribution in [0.15, 0.2) is 89.3 Å². The molecule has 6 nitrogen and oxygen atoms in total. The number of carbonyl (C=O) groups is 1. The van der Waals surface area contributed by atoms with E-state index < -0.39 is 0 Å². The largest absolute Gasteiger partial charge is 0.486 e. The molecule has 1 saturated heterocycles. The first-order valence-corrected chi connectivity index (χ1v) is 13.4. The molecule has 0 N–H and O–H groups in total. The zero-order valence-corrected chi connectivity index (χ0v) is 21.7. The topological polar surface area (TPSA) is 55.2 Å². The summed E-state index contributed by atoms with van der Waals surface area (Å²) in [5.41, 5.74) is 4.26. The molecule has 1 fully saturated rings. The molecular formula is C32H31FN2O4. The summed E-state index contributed by atoms with van der Waals surface area (Å²) in [4.78, 5) is 16.8. The fourth-order valence-corrected chi connectivity index (χ4v) is 5.42. The highest BCUT2D eigenvalue weighted by Gasteiger charge is 2.30. The number of morpholine rings is 1. The molecule has 1 aromatic heterocycles. The lowest BCUT2D eigenvalue weighted by Crippen LogP contribution is -2.40. The SMILES string of the molecule is O=C(c1ccc(COc2ccc3c(c2)[C@@H](c2ccccc2)N(Cc2ccccc2F)CC3)o1)N1CCOCC1. The van der Waals surface area contributed by atoms with Crippen LogP contribution in [0.25, 0.3) is 0 Å². The second-order valence-corrected chi connectivity index (χ2v) is 9.94. The standard InChI is InChI=1S/C32H31FN2O4/c33-29-9-5-4-8-25(29)21-35-15-14-23-10-11-26(20-28(23)31(35)24-6-2-1-3-7-24)38-22-27-12-13-30(39-27)32(36)34-16-18-37-19-17-34/h1-13,20,31H,14-19,21-22H2/t31-/m1/s1. The van der Waals surface area contributed by atoms with E-state index in [9.17, 15) is 9.18 Å². The molecule has 3 heterocycles. The molecule has 7 heteroatoms. The number of rotatable bonds is 7. The zero-order valence-electron chi connectivity index (χ0n) is 21.7. The summed E-state index contributed by atoms with van der Waals surface area (Å²) in [6.07, 6.45) is 0.874. The third-order valence-electron chi connectivity index (χ3n) is 7.44. The first kappa shape index (κ1) is 25.3. The molecule has 6 rings (SSSR count). The summed E-state index contributed by atoms with van der Waals surface area (Å²) in [5, 5.41) is 0. The van der Waals surface area contributed by atoms with Gasteiger partial charge >= 0.3 is 0 Å². The maximum absolute atomic E-state index is 14.6. The van der Waals surface area contributed by atoms with E-state index in [1.165, 1.54) is 11.6 Å². The van der Waals surface area contributed by atoms with Crippen LogP contribution in [-0.2, 0) is 24.3 Å². The molecule has 0 saturated carbocycles. The van der Waals surface area contributed by atoms with E-state index in [0.717, 1.165) is 29.8 Å². The average Bonchev–Trinajstić information content (AvgIpc) is 3.46. The van der Waals surface area contributed by atoms with Gasteiger partial charge in [-0.2, -0.15) is 0 Å². The summed E-state index contributed by atoms with van der Waals surface area (Å²) < 4.78 is 31.9. The van der Waals surface area contributed by atoms with Gasteiger partial charge in [0.15, 0.2) is 5.76 Å². The lowest BCUT2D eigenvalue weighted by Gasteiger charge is -2.38. The minimum absolute atomic E-state index is 0.0283. The van der Waals surface area contributed by atoms with Crippen LogP contribution in [-0.4, -0.2) is 48.6 Å². The Balaban J connectivity index is 1.21. The van der Waals surface area contributed by atoms with Crippen molar-refractivity contribution in [1.82, 2.24) is 9.80 Å². The van der Waals surface area contributed by atoms with Crippen LogP contribution in [0.1, 0.15) is 44.6 Å². The number of fused-ring (bicyclic) bond motifs is 1. The highest BCUT2D eigenvalue weighted by Crippen LogP contribution is 2.38. The van der Waals surface area contributed by atoms with Crippen molar-refractivity contribution < 1.29 is 23.1 Å². The van der Waals surface area contributed by atoms with Gasteiger partial charge in [0.1, 0.15) is 23.9 Å². The van der Waals surface area contributed by atoms with Crippen LogP contribution in [0.2, 0.25) is 0 Å². The van der Waals surface area contributed by atoms with Crippen LogP contribution in [0, 0.1) is 5.82 Å². The molecule has 2 aliphatic heterocycles. The zero-order chi connectivity index (χ0) is 26.6. The fourth-order valence-electron chi connectivity index (χ4n) is 5.42. The molecule has 1 amide bonds. The highest BCUT2D eigenvalue weighted by molar-refractivity contribution is 5.91. The summed E-state index contributed by atoms with van der Waals surface area (Å²) >= 11 is 0. The number of furan rings is 1. The van der Waals surface area contributed by atoms with E-state index in [4.69, 9.17) is 13.9 Å². The number of hydrogen-bond donors (Lipinski definition) is 0. The van der Waals surface area contributed by atoms with Crippen molar-refractivity contribution in [2.45, 2.75) is 25.6 Å². The molecule has 3 aromatic carbocycles. The van der Waals surface area contributed by atoms with Gasteiger partial charge in [0, 0.05) is 31.7 Å². The van der Waals surface area contributed by atoms with E-state index in [1.807, 2.05) is 36.4 Å². The average molecular weight is 527 g/mol. The molecule has 0 aliphatic carbocycles. The Morgan fingerprint density at radius 3 is 2.54 bits per heavy atom. The molecular weight excluding hydrogens is 495 g/mol. The number of benzene rings is 3. The van der Waals surface area contributed by atoms with Crippen LogP contribution in [0.4, 0.5) is 4.39 Å². The Labute approximate surface area is 227 Å². The summed E-state index contributed by atoms with van der Waals surface area (Å²) in [6, 6.07) is 27.0. The first-order valence-electron chi connectivity index (χ1n) is 13.4. The second kappa shape index (κ2) is 11.4. The predicted molar refractivity (Wildman–Crippen MR) is 145 cm³/mol. The second-order valence-electron chi connectivity index (χ2n) is 9.94. The smallest absolute Gasteiger partial charge is 0.289 e. The van der Waals surface area contributed by atoms with Crippen LogP contribution >= 0.6 is 0 Å². The monoisotopic (exact) mass is 526 g/mol. The van der Waals surface area contributed by atoms with Gasteiger partial charge in [0.2, 0.25) is 0 Å². The van der Waals surface area contributed by atoms with Crippen molar-refractivity contribution in [1.29, 1.82) is 0 Å². The number of nitrogens with zero attached hydrogens (tertiary/aromatic N) is 2. The fraction of sp³-hybridized carbons (Fsp3) is 0.281. The summed E-state index contributed by atoms with van der Waals surface area (Å²) in [7, 11) is 0. The van der Waals surface area contributed by atoms with Crippen molar-refractivity contribution in [3.05, 3.63) is 125 Å². The third kappa shape index (κ3) is 5.60. The lowest BCUT2D eigenvalue weighted by molar-refractivity contribution is 0.0281. The Kier molecular flexibility index (Phi) is 7.43. The molecule has 39 heavy (non-hydrogen) atoms. The van der Waals surface area contributed by atoms with Gasteiger partial charge in [0.25, 0.3) is 5.91 Å². The number of hydrogen-bond acceptors (Lipinski definition) is 5. The van der Waals surface area contributed by atoms with E-state index >= 15 is 0 Å². The molecule has 1 atom stereocenters. The maximum Gasteiger partial charge on any atom is 0.289 e. The van der Waals surface area contributed by atoms with Crippen LogP contribution in [0.3, 0.4) is 0 Å².